The highest BCUT2D eigenvalue weighted by Crippen LogP contribution is 2.35. The molecule has 3 heterocycles. The number of piperazine rings is 1. The van der Waals surface area contributed by atoms with Crippen molar-refractivity contribution in [3.63, 3.8) is 0 Å². The zero-order chi connectivity index (χ0) is 23.7. The van der Waals surface area contributed by atoms with E-state index in [1.54, 1.807) is 26.4 Å². The molecule has 34 heavy (non-hydrogen) atoms. The molecule has 0 radical (unpaired) electrons. The normalized spacial score (nSPS) is 19.6. The fraction of sp³-hybridized carbons (Fsp3) is 0.417. The van der Waals surface area contributed by atoms with Crippen LogP contribution in [0.15, 0.2) is 35.5 Å². The van der Waals surface area contributed by atoms with Crippen molar-refractivity contribution >= 4 is 23.2 Å². The van der Waals surface area contributed by atoms with Crippen LogP contribution in [0.5, 0.6) is 23.0 Å². The van der Waals surface area contributed by atoms with E-state index in [2.05, 4.69) is 16.1 Å². The number of methoxy groups -OCH3 is 2. The number of halogens is 1. The lowest BCUT2D eigenvalue weighted by atomic mass is 10.0. The molecule has 0 aromatic heterocycles. The van der Waals surface area contributed by atoms with E-state index in [0.717, 1.165) is 36.7 Å². The van der Waals surface area contributed by atoms with Crippen LogP contribution in [-0.2, 0) is 16.2 Å². The van der Waals surface area contributed by atoms with E-state index in [-0.39, 0.29) is 12.7 Å². The van der Waals surface area contributed by atoms with Gasteiger partial charge in [-0.1, -0.05) is 22.8 Å². The first-order chi connectivity index (χ1) is 16.6. The second kappa shape index (κ2) is 9.60. The molecule has 3 aliphatic heterocycles. The minimum atomic E-state index is -0.652. The summed E-state index contributed by atoms with van der Waals surface area (Å²) in [6, 6.07) is 9.44. The van der Waals surface area contributed by atoms with Crippen molar-refractivity contribution < 1.29 is 28.6 Å². The predicted molar refractivity (Wildman–Crippen MR) is 125 cm³/mol. The Morgan fingerprint density at radius 3 is 2.59 bits per heavy atom. The first-order valence-electron chi connectivity index (χ1n) is 11.1. The Bertz CT molecular complexity index is 1120. The summed E-state index contributed by atoms with van der Waals surface area (Å²) in [6.07, 6.45) is -0.295. The van der Waals surface area contributed by atoms with Crippen LogP contribution in [0, 0.1) is 0 Å². The topological polar surface area (TPSA) is 82.1 Å². The smallest absolute Gasteiger partial charge is 0.266 e. The molecule has 1 saturated heterocycles. The van der Waals surface area contributed by atoms with Crippen molar-refractivity contribution in [1.29, 1.82) is 0 Å². The molecule has 9 nitrogen and oxygen atoms in total. The average molecular weight is 488 g/mol. The number of carbonyl (C=O) groups excluding carboxylic acids is 1. The minimum absolute atomic E-state index is 0.0555. The SMILES string of the molecule is COc1cc(OC)c(C2=NO[C@@H](C(=O)N3CCN(Cc4ccc5c(c4)OCO5)CC3)C2)cc1Cl. The average Bonchev–Trinajstić information content (AvgIpc) is 3.53. The molecule has 0 saturated carbocycles. The third-order valence-electron chi connectivity index (χ3n) is 6.26. The number of oxime groups is 1. The lowest BCUT2D eigenvalue weighted by molar-refractivity contribution is -0.143. The maximum atomic E-state index is 13.1. The van der Waals surface area contributed by atoms with Crippen molar-refractivity contribution in [2.45, 2.75) is 19.1 Å². The fourth-order valence-electron chi connectivity index (χ4n) is 4.38. The van der Waals surface area contributed by atoms with Crippen LogP contribution in [0.1, 0.15) is 17.5 Å². The van der Waals surface area contributed by atoms with Gasteiger partial charge in [0.25, 0.3) is 5.91 Å². The van der Waals surface area contributed by atoms with Gasteiger partial charge in [0.05, 0.1) is 25.0 Å². The molecule has 0 N–H and O–H groups in total. The maximum absolute atomic E-state index is 13.1. The Balaban J connectivity index is 1.16. The summed E-state index contributed by atoms with van der Waals surface area (Å²) in [5, 5.41) is 4.60. The van der Waals surface area contributed by atoms with Crippen molar-refractivity contribution in [1.82, 2.24) is 9.80 Å². The quantitative estimate of drug-likeness (QED) is 0.619. The number of nitrogens with zero attached hydrogens (tertiary/aromatic N) is 3. The Kier molecular flexibility index (Phi) is 6.38. The van der Waals surface area contributed by atoms with Gasteiger partial charge in [0.2, 0.25) is 12.9 Å². The first kappa shape index (κ1) is 22.6. The molecule has 180 valence electrons. The molecular formula is C24H26ClN3O6. The van der Waals surface area contributed by atoms with Crippen LogP contribution in [0.4, 0.5) is 0 Å². The number of rotatable bonds is 6. The van der Waals surface area contributed by atoms with Gasteiger partial charge in [-0.25, -0.2) is 0 Å². The number of hydrogen-bond acceptors (Lipinski definition) is 8. The molecule has 2 aromatic rings. The Morgan fingerprint density at radius 2 is 1.82 bits per heavy atom. The fourth-order valence-corrected chi connectivity index (χ4v) is 4.62. The number of hydrogen-bond donors (Lipinski definition) is 0. The van der Waals surface area contributed by atoms with E-state index in [1.165, 1.54) is 0 Å². The second-order valence-corrected chi connectivity index (χ2v) is 8.72. The monoisotopic (exact) mass is 487 g/mol. The Hall–Kier alpha value is -3.17. The highest BCUT2D eigenvalue weighted by molar-refractivity contribution is 6.32. The van der Waals surface area contributed by atoms with Crippen molar-refractivity contribution in [3.8, 4) is 23.0 Å². The standard InChI is InChI=1S/C24H26ClN3O6/c1-30-20-12-21(31-2)17(25)10-16(20)18-11-23(34-26-18)24(29)28-7-5-27(6-8-28)13-15-3-4-19-22(9-15)33-14-32-19/h3-4,9-10,12,23H,5-8,11,13-14H2,1-2H3/t23-/m1/s1. The van der Waals surface area contributed by atoms with Gasteiger partial charge in [0.1, 0.15) is 11.5 Å². The number of benzene rings is 2. The minimum Gasteiger partial charge on any atom is -0.496 e. The summed E-state index contributed by atoms with van der Waals surface area (Å²) < 4.78 is 21.6. The molecule has 0 aliphatic carbocycles. The summed E-state index contributed by atoms with van der Waals surface area (Å²) in [6.45, 7) is 3.90. The van der Waals surface area contributed by atoms with E-state index in [9.17, 15) is 4.79 Å². The number of carbonyl (C=O) groups is 1. The summed E-state index contributed by atoms with van der Waals surface area (Å²) in [5.74, 6) is 2.59. The summed E-state index contributed by atoms with van der Waals surface area (Å²) in [7, 11) is 3.11. The molecule has 1 amide bonds. The van der Waals surface area contributed by atoms with E-state index >= 15 is 0 Å². The predicted octanol–water partition coefficient (Wildman–Crippen LogP) is 2.92. The van der Waals surface area contributed by atoms with Crippen LogP contribution < -0.4 is 18.9 Å². The molecule has 0 spiro atoms. The van der Waals surface area contributed by atoms with Crippen LogP contribution in [0.3, 0.4) is 0 Å². The lowest BCUT2D eigenvalue weighted by Gasteiger charge is -2.35. The van der Waals surface area contributed by atoms with Gasteiger partial charge >= 0.3 is 0 Å². The Labute approximate surface area is 202 Å². The first-order valence-corrected chi connectivity index (χ1v) is 11.5. The number of fused-ring (bicyclic) bond motifs is 1. The highest BCUT2D eigenvalue weighted by atomic mass is 35.5. The van der Waals surface area contributed by atoms with E-state index in [1.807, 2.05) is 17.0 Å². The second-order valence-electron chi connectivity index (χ2n) is 8.31. The zero-order valence-corrected chi connectivity index (χ0v) is 19.8. The zero-order valence-electron chi connectivity index (χ0n) is 19.1. The molecule has 1 fully saturated rings. The van der Waals surface area contributed by atoms with Gasteiger partial charge in [-0.05, 0) is 23.8 Å². The van der Waals surface area contributed by atoms with Crippen LogP contribution in [0.2, 0.25) is 5.02 Å². The Morgan fingerprint density at radius 1 is 1.06 bits per heavy atom. The third kappa shape index (κ3) is 4.45. The summed E-state index contributed by atoms with van der Waals surface area (Å²) in [4.78, 5) is 22.8. The number of ether oxygens (including phenoxy) is 4. The molecule has 10 heteroatoms. The molecule has 2 aromatic carbocycles. The van der Waals surface area contributed by atoms with Gasteiger partial charge < -0.3 is 28.7 Å². The summed E-state index contributed by atoms with van der Waals surface area (Å²) in [5.41, 5.74) is 2.48. The van der Waals surface area contributed by atoms with Crippen molar-refractivity contribution in [2.24, 2.45) is 5.16 Å². The largest absolute Gasteiger partial charge is 0.496 e. The summed E-state index contributed by atoms with van der Waals surface area (Å²) >= 11 is 6.29. The van der Waals surface area contributed by atoms with Gasteiger partial charge in [-0.2, -0.15) is 0 Å². The van der Waals surface area contributed by atoms with Crippen LogP contribution >= 0.6 is 11.6 Å². The highest BCUT2D eigenvalue weighted by Gasteiger charge is 2.35. The molecule has 3 aliphatic rings. The molecule has 5 rings (SSSR count). The molecular weight excluding hydrogens is 462 g/mol. The molecule has 0 unspecified atom stereocenters. The van der Waals surface area contributed by atoms with Gasteiger partial charge in [0, 0.05) is 50.8 Å². The van der Waals surface area contributed by atoms with Gasteiger partial charge in [0.15, 0.2) is 11.5 Å². The number of amides is 1. The van der Waals surface area contributed by atoms with Crippen LogP contribution in [0.25, 0.3) is 0 Å². The van der Waals surface area contributed by atoms with Crippen LogP contribution in [-0.4, -0.2) is 74.7 Å². The van der Waals surface area contributed by atoms with Crippen molar-refractivity contribution in [2.75, 3.05) is 47.2 Å². The third-order valence-corrected chi connectivity index (χ3v) is 6.55. The van der Waals surface area contributed by atoms with E-state index in [4.69, 9.17) is 35.4 Å². The van der Waals surface area contributed by atoms with Gasteiger partial charge in [-0.3, -0.25) is 9.69 Å². The van der Waals surface area contributed by atoms with Crippen molar-refractivity contribution in [3.05, 3.63) is 46.5 Å². The van der Waals surface area contributed by atoms with E-state index in [0.29, 0.717) is 47.3 Å². The maximum Gasteiger partial charge on any atom is 0.266 e. The molecule has 1 atom stereocenters. The van der Waals surface area contributed by atoms with E-state index < -0.39 is 6.10 Å². The molecule has 0 bridgehead atoms. The lowest BCUT2D eigenvalue weighted by Crippen LogP contribution is -2.51. The van der Waals surface area contributed by atoms with Gasteiger partial charge in [-0.15, -0.1) is 0 Å².